The Bertz CT molecular complexity index is 954. The molecule has 31 heavy (non-hydrogen) atoms. The van der Waals surface area contributed by atoms with Gasteiger partial charge in [-0.25, -0.2) is 4.98 Å². The number of nitrogen functional groups attached to an aromatic ring is 1. The monoisotopic (exact) mass is 442 g/mol. The fraction of sp³-hybridized carbons (Fsp3) is 0.273. The molecule has 0 aliphatic heterocycles. The van der Waals surface area contributed by atoms with Gasteiger partial charge in [0, 0.05) is 24.0 Å². The maximum absolute atomic E-state index is 12.9. The van der Waals surface area contributed by atoms with Crippen molar-refractivity contribution >= 4 is 28.1 Å². The van der Waals surface area contributed by atoms with Gasteiger partial charge >= 0.3 is 0 Å². The fourth-order valence-electron chi connectivity index (χ4n) is 2.90. The van der Waals surface area contributed by atoms with Crippen LogP contribution in [0.1, 0.15) is 12.1 Å². The highest BCUT2D eigenvalue weighted by Crippen LogP contribution is 2.29. The second kappa shape index (κ2) is 10.9. The molecular formula is C22H26N4O4S. The molecule has 1 amide bonds. The number of nitrogens with zero attached hydrogens (tertiary/aromatic N) is 1. The van der Waals surface area contributed by atoms with E-state index in [2.05, 4.69) is 15.6 Å². The molecule has 2 aromatic carbocycles. The number of rotatable bonds is 11. The van der Waals surface area contributed by atoms with Crippen LogP contribution in [0.25, 0.3) is 0 Å². The van der Waals surface area contributed by atoms with E-state index in [9.17, 15) is 15.0 Å². The van der Waals surface area contributed by atoms with Gasteiger partial charge in [-0.05, 0) is 30.8 Å². The first-order valence-corrected chi connectivity index (χ1v) is 10.7. The zero-order valence-electron chi connectivity index (χ0n) is 16.9. The van der Waals surface area contributed by atoms with Crippen molar-refractivity contribution in [1.29, 1.82) is 0 Å². The van der Waals surface area contributed by atoms with Gasteiger partial charge in [0.15, 0.2) is 10.7 Å². The van der Waals surface area contributed by atoms with Crippen molar-refractivity contribution in [2.75, 3.05) is 30.7 Å². The number of amides is 1. The summed E-state index contributed by atoms with van der Waals surface area (Å²) in [5.74, 6) is 0.0772. The molecule has 0 fully saturated rings. The van der Waals surface area contributed by atoms with E-state index in [1.165, 1.54) is 0 Å². The van der Waals surface area contributed by atoms with E-state index in [1.54, 1.807) is 29.6 Å². The first-order chi connectivity index (χ1) is 15.0. The van der Waals surface area contributed by atoms with E-state index in [-0.39, 0.29) is 36.9 Å². The van der Waals surface area contributed by atoms with Gasteiger partial charge in [-0.1, -0.05) is 36.4 Å². The summed E-state index contributed by atoms with van der Waals surface area (Å²) in [5, 5.41) is 28.9. The number of nitrogens with one attached hydrogen (secondary N) is 2. The molecule has 0 aliphatic rings. The molecule has 0 bridgehead atoms. The summed E-state index contributed by atoms with van der Waals surface area (Å²) >= 11 is 1.15. The van der Waals surface area contributed by atoms with Crippen LogP contribution >= 0.6 is 11.3 Å². The van der Waals surface area contributed by atoms with Crippen LogP contribution in [0.5, 0.6) is 5.75 Å². The molecule has 3 aromatic rings. The van der Waals surface area contributed by atoms with Gasteiger partial charge in [0.05, 0.1) is 5.69 Å². The van der Waals surface area contributed by atoms with Crippen molar-refractivity contribution < 1.29 is 19.7 Å². The van der Waals surface area contributed by atoms with Crippen LogP contribution < -0.4 is 21.1 Å². The lowest BCUT2D eigenvalue weighted by atomic mass is 9.94. The van der Waals surface area contributed by atoms with E-state index < -0.39 is 17.6 Å². The Balaban J connectivity index is 1.54. The summed E-state index contributed by atoms with van der Waals surface area (Å²) in [5.41, 5.74) is 4.59. The number of ether oxygens (including phenoxy) is 1. The molecule has 9 heteroatoms. The van der Waals surface area contributed by atoms with Crippen LogP contribution in [0.15, 0.2) is 66.0 Å². The molecule has 1 heterocycles. The Hall–Kier alpha value is -2.98. The lowest BCUT2D eigenvalue weighted by Gasteiger charge is -2.26. The Morgan fingerprint density at radius 3 is 2.48 bits per heavy atom. The van der Waals surface area contributed by atoms with E-state index >= 15 is 0 Å². The van der Waals surface area contributed by atoms with E-state index in [4.69, 9.17) is 10.5 Å². The minimum Gasteiger partial charge on any atom is -0.491 e. The number of hydrogen-bond donors (Lipinski definition) is 5. The standard InChI is InChI=1S/C22H26N4O4S/c23-21-26-19(15-31-21)22(29,20(28)25-16-7-3-1-4-8-16)11-12-24-13-17(27)14-30-18-9-5-2-6-10-18/h1-10,15,17,24,27,29H,11-14H2,(H2,23,26)(H,25,28). The Labute approximate surface area is 184 Å². The number of carbonyl (C=O) groups excluding carboxylic acids is 1. The van der Waals surface area contributed by atoms with E-state index in [1.807, 2.05) is 36.4 Å². The van der Waals surface area contributed by atoms with Gasteiger partial charge in [-0.15, -0.1) is 11.3 Å². The van der Waals surface area contributed by atoms with Crippen molar-refractivity contribution in [2.45, 2.75) is 18.1 Å². The number of benzene rings is 2. The van der Waals surface area contributed by atoms with Crippen molar-refractivity contribution in [1.82, 2.24) is 10.3 Å². The Morgan fingerprint density at radius 2 is 1.84 bits per heavy atom. The molecule has 3 rings (SSSR count). The largest absolute Gasteiger partial charge is 0.491 e. The average Bonchev–Trinajstić information content (AvgIpc) is 3.23. The summed E-state index contributed by atoms with van der Waals surface area (Å²) in [6.07, 6.45) is -0.706. The molecule has 0 saturated heterocycles. The van der Waals surface area contributed by atoms with Crippen LogP contribution in [0.2, 0.25) is 0 Å². The molecule has 2 atom stereocenters. The number of aromatic nitrogens is 1. The molecular weight excluding hydrogens is 416 g/mol. The average molecular weight is 443 g/mol. The van der Waals surface area contributed by atoms with E-state index in [0.717, 1.165) is 11.3 Å². The summed E-state index contributed by atoms with van der Waals surface area (Å²) in [6, 6.07) is 18.1. The highest BCUT2D eigenvalue weighted by molar-refractivity contribution is 7.13. The number of thiazole rings is 1. The van der Waals surface area contributed by atoms with E-state index in [0.29, 0.717) is 11.4 Å². The van der Waals surface area contributed by atoms with Crippen molar-refractivity contribution in [3.63, 3.8) is 0 Å². The van der Waals surface area contributed by atoms with Crippen molar-refractivity contribution in [2.24, 2.45) is 0 Å². The summed E-state index contributed by atoms with van der Waals surface area (Å²) in [4.78, 5) is 17.0. The number of para-hydroxylation sites is 2. The minimum absolute atomic E-state index is 0.0428. The molecule has 6 N–H and O–H groups in total. The fourth-order valence-corrected chi connectivity index (χ4v) is 3.53. The normalized spacial score (nSPS) is 13.9. The van der Waals surface area contributed by atoms with Crippen LogP contribution in [0.4, 0.5) is 10.8 Å². The Morgan fingerprint density at radius 1 is 1.16 bits per heavy atom. The lowest BCUT2D eigenvalue weighted by molar-refractivity contribution is -0.136. The predicted molar refractivity (Wildman–Crippen MR) is 121 cm³/mol. The number of anilines is 2. The van der Waals surface area contributed by atoms with Crippen LogP contribution in [-0.2, 0) is 10.4 Å². The molecule has 0 aliphatic carbocycles. The Kier molecular flexibility index (Phi) is 7.96. The molecule has 0 radical (unpaired) electrons. The number of aliphatic hydroxyl groups excluding tert-OH is 1. The third-order valence-corrected chi connectivity index (χ3v) is 5.26. The first kappa shape index (κ1) is 22.7. The smallest absolute Gasteiger partial charge is 0.262 e. The third kappa shape index (κ3) is 6.50. The molecule has 1 aromatic heterocycles. The second-order valence-corrected chi connectivity index (χ2v) is 7.87. The number of hydrogen-bond acceptors (Lipinski definition) is 8. The highest BCUT2D eigenvalue weighted by Gasteiger charge is 2.40. The zero-order chi connectivity index (χ0) is 22.1. The van der Waals surface area contributed by atoms with Gasteiger partial charge in [0.25, 0.3) is 5.91 Å². The first-order valence-electron chi connectivity index (χ1n) is 9.84. The highest BCUT2D eigenvalue weighted by atomic mass is 32.1. The van der Waals surface area contributed by atoms with Gasteiger partial charge in [0.1, 0.15) is 18.5 Å². The topological polar surface area (TPSA) is 130 Å². The SMILES string of the molecule is Nc1nc(C(O)(CCNCC(O)COc2ccccc2)C(=O)Nc2ccccc2)cs1. The van der Waals surface area contributed by atoms with Gasteiger partial charge < -0.3 is 31.3 Å². The molecule has 164 valence electrons. The molecule has 0 spiro atoms. The summed E-state index contributed by atoms with van der Waals surface area (Å²) < 4.78 is 5.52. The summed E-state index contributed by atoms with van der Waals surface area (Å²) in [6.45, 7) is 0.624. The van der Waals surface area contributed by atoms with Crippen LogP contribution in [-0.4, -0.2) is 46.9 Å². The maximum Gasteiger partial charge on any atom is 0.262 e. The number of aliphatic hydroxyl groups is 2. The van der Waals surface area contributed by atoms with Crippen molar-refractivity contribution in [3.8, 4) is 5.75 Å². The minimum atomic E-state index is -1.87. The van der Waals surface area contributed by atoms with Crippen LogP contribution in [0, 0.1) is 0 Å². The third-order valence-electron chi connectivity index (χ3n) is 4.58. The molecule has 0 saturated carbocycles. The lowest BCUT2D eigenvalue weighted by Crippen LogP contribution is -2.43. The summed E-state index contributed by atoms with van der Waals surface area (Å²) in [7, 11) is 0. The quantitative estimate of drug-likeness (QED) is 0.287. The van der Waals surface area contributed by atoms with Gasteiger partial charge in [-0.3, -0.25) is 4.79 Å². The van der Waals surface area contributed by atoms with Crippen LogP contribution in [0.3, 0.4) is 0 Å². The molecule has 8 nitrogen and oxygen atoms in total. The predicted octanol–water partition coefficient (Wildman–Crippen LogP) is 1.97. The number of nitrogens with two attached hydrogens (primary N) is 1. The van der Waals surface area contributed by atoms with Crippen molar-refractivity contribution in [3.05, 3.63) is 71.7 Å². The molecule has 2 unspecified atom stereocenters. The second-order valence-electron chi connectivity index (χ2n) is 6.98. The van der Waals surface area contributed by atoms with Gasteiger partial charge in [0.2, 0.25) is 0 Å². The maximum atomic E-state index is 12.9. The number of carbonyl (C=O) groups is 1. The van der Waals surface area contributed by atoms with Gasteiger partial charge in [-0.2, -0.15) is 0 Å². The zero-order valence-corrected chi connectivity index (χ0v) is 17.7.